The van der Waals surface area contributed by atoms with Gasteiger partial charge in [-0.25, -0.2) is 22.0 Å². The first-order valence-electron chi connectivity index (χ1n) is 10.4. The Morgan fingerprint density at radius 2 is 1.71 bits per heavy atom. The van der Waals surface area contributed by atoms with Gasteiger partial charge in [-0.05, 0) is 50.8 Å². The molecule has 2 fully saturated rings. The van der Waals surface area contributed by atoms with Gasteiger partial charge in [-0.1, -0.05) is 0 Å². The van der Waals surface area contributed by atoms with Crippen LogP contribution in [0.1, 0.15) is 32.6 Å². The van der Waals surface area contributed by atoms with E-state index in [2.05, 4.69) is 5.32 Å². The molecule has 1 aromatic rings. The third kappa shape index (κ3) is 5.51. The Morgan fingerprint density at radius 3 is 2.29 bits per heavy atom. The molecule has 2 saturated heterocycles. The summed E-state index contributed by atoms with van der Waals surface area (Å²) in [5.41, 5.74) is 0. The van der Waals surface area contributed by atoms with Crippen LogP contribution < -0.4 is 5.32 Å². The van der Waals surface area contributed by atoms with Gasteiger partial charge in [-0.15, -0.1) is 0 Å². The summed E-state index contributed by atoms with van der Waals surface area (Å²) < 4.78 is 58.1. The molecule has 1 N–H and O–H groups in total. The fraction of sp³-hybridized carbons (Fsp3) is 0.600. The normalized spacial score (nSPS) is 19.3. The number of sulfonamides is 1. The quantitative estimate of drug-likeness (QED) is 0.728. The average Bonchev–Trinajstić information content (AvgIpc) is 2.76. The standard InChI is InChI=1S/C20H27F2N3O5S/c1-2-30-20(27)24-9-7-15(8-10-24)23-19(26)14-5-11-25(12-6-14)31(28,29)16-3-4-17(21)18(22)13-16/h3-4,13-15H,2,5-12H2,1H3,(H,23,26). The summed E-state index contributed by atoms with van der Waals surface area (Å²) in [6, 6.07) is 2.46. The number of piperidine rings is 2. The number of hydrogen-bond acceptors (Lipinski definition) is 5. The molecule has 31 heavy (non-hydrogen) atoms. The van der Waals surface area contributed by atoms with Crippen LogP contribution in [0.5, 0.6) is 0 Å². The van der Waals surface area contributed by atoms with Crippen molar-refractivity contribution in [3.8, 4) is 0 Å². The maximum Gasteiger partial charge on any atom is 0.409 e. The van der Waals surface area contributed by atoms with E-state index < -0.39 is 21.7 Å². The lowest BCUT2D eigenvalue weighted by atomic mass is 9.96. The highest BCUT2D eigenvalue weighted by atomic mass is 32.2. The molecular weight excluding hydrogens is 432 g/mol. The Balaban J connectivity index is 1.49. The maximum absolute atomic E-state index is 13.4. The minimum Gasteiger partial charge on any atom is -0.450 e. The molecule has 11 heteroatoms. The average molecular weight is 460 g/mol. The Hall–Kier alpha value is -2.27. The third-order valence-corrected chi connectivity index (χ3v) is 7.62. The Bertz CT molecular complexity index is 911. The fourth-order valence-electron chi connectivity index (χ4n) is 3.88. The highest BCUT2D eigenvalue weighted by Gasteiger charge is 2.33. The van der Waals surface area contributed by atoms with Crippen molar-refractivity contribution in [2.75, 3.05) is 32.8 Å². The van der Waals surface area contributed by atoms with E-state index in [-0.39, 0.29) is 41.9 Å². The number of carbonyl (C=O) groups is 2. The molecule has 0 saturated carbocycles. The predicted octanol–water partition coefficient (Wildman–Crippen LogP) is 2.10. The summed E-state index contributed by atoms with van der Waals surface area (Å²) in [6.45, 7) is 3.34. The Kier molecular flexibility index (Phi) is 7.47. The van der Waals surface area contributed by atoms with E-state index in [0.29, 0.717) is 51.4 Å². The van der Waals surface area contributed by atoms with E-state index in [4.69, 9.17) is 4.74 Å². The number of nitrogens with zero attached hydrogens (tertiary/aromatic N) is 2. The molecule has 0 radical (unpaired) electrons. The zero-order valence-corrected chi connectivity index (χ0v) is 18.2. The minimum atomic E-state index is -3.95. The SMILES string of the molecule is CCOC(=O)N1CCC(NC(=O)C2CCN(S(=O)(=O)c3ccc(F)c(F)c3)CC2)CC1. The number of likely N-dealkylation sites (tertiary alicyclic amines) is 1. The van der Waals surface area contributed by atoms with E-state index in [0.717, 1.165) is 12.1 Å². The van der Waals surface area contributed by atoms with Crippen molar-refractivity contribution < 1.29 is 31.5 Å². The van der Waals surface area contributed by atoms with Crippen molar-refractivity contribution in [1.82, 2.24) is 14.5 Å². The topological polar surface area (TPSA) is 96.0 Å². The number of carbonyl (C=O) groups excluding carboxylic acids is 2. The van der Waals surface area contributed by atoms with Crippen molar-refractivity contribution in [2.45, 2.75) is 43.5 Å². The fourth-order valence-corrected chi connectivity index (χ4v) is 5.37. The first-order valence-corrected chi connectivity index (χ1v) is 11.8. The molecule has 2 heterocycles. The molecule has 1 aromatic carbocycles. The number of halogens is 2. The van der Waals surface area contributed by atoms with Crippen LogP contribution in [0.4, 0.5) is 13.6 Å². The highest BCUT2D eigenvalue weighted by molar-refractivity contribution is 7.89. The lowest BCUT2D eigenvalue weighted by Crippen LogP contribution is -2.49. The van der Waals surface area contributed by atoms with Gasteiger partial charge in [0.25, 0.3) is 0 Å². The molecule has 3 rings (SSSR count). The van der Waals surface area contributed by atoms with Crippen LogP contribution in [-0.4, -0.2) is 68.5 Å². The zero-order valence-electron chi connectivity index (χ0n) is 17.4. The number of benzene rings is 1. The lowest BCUT2D eigenvalue weighted by molar-refractivity contribution is -0.127. The summed E-state index contributed by atoms with van der Waals surface area (Å²) in [7, 11) is -3.95. The molecule has 2 amide bonds. The van der Waals surface area contributed by atoms with Crippen LogP contribution in [0.2, 0.25) is 0 Å². The van der Waals surface area contributed by atoms with Crippen molar-refractivity contribution in [1.29, 1.82) is 0 Å². The second-order valence-electron chi connectivity index (χ2n) is 7.72. The molecule has 0 atom stereocenters. The smallest absolute Gasteiger partial charge is 0.409 e. The lowest BCUT2D eigenvalue weighted by Gasteiger charge is -2.34. The minimum absolute atomic E-state index is 0.0397. The van der Waals surface area contributed by atoms with E-state index in [1.807, 2.05) is 0 Å². The molecule has 0 aliphatic carbocycles. The van der Waals surface area contributed by atoms with Gasteiger partial charge in [-0.3, -0.25) is 4.79 Å². The van der Waals surface area contributed by atoms with Gasteiger partial charge in [0.2, 0.25) is 15.9 Å². The van der Waals surface area contributed by atoms with Gasteiger partial charge in [0.1, 0.15) is 0 Å². The number of amides is 2. The molecular formula is C20H27F2N3O5S. The van der Waals surface area contributed by atoms with E-state index in [9.17, 15) is 26.8 Å². The van der Waals surface area contributed by atoms with Gasteiger partial charge in [0, 0.05) is 38.1 Å². The number of ether oxygens (including phenoxy) is 1. The first kappa shape index (κ1) is 23.4. The molecule has 8 nitrogen and oxygen atoms in total. The van der Waals surface area contributed by atoms with Crippen molar-refractivity contribution >= 4 is 22.0 Å². The monoisotopic (exact) mass is 459 g/mol. The van der Waals surface area contributed by atoms with Gasteiger partial charge >= 0.3 is 6.09 Å². The van der Waals surface area contributed by atoms with Crippen molar-refractivity contribution in [3.63, 3.8) is 0 Å². The molecule has 0 aromatic heterocycles. The second kappa shape index (κ2) is 9.90. The molecule has 0 unspecified atom stereocenters. The Morgan fingerprint density at radius 1 is 1.06 bits per heavy atom. The van der Waals surface area contributed by atoms with E-state index in [1.165, 1.54) is 4.31 Å². The largest absolute Gasteiger partial charge is 0.450 e. The summed E-state index contributed by atoms with van der Waals surface area (Å²) in [5, 5.41) is 3.00. The number of nitrogens with one attached hydrogen (secondary N) is 1. The highest BCUT2D eigenvalue weighted by Crippen LogP contribution is 2.25. The second-order valence-corrected chi connectivity index (χ2v) is 9.66. The van der Waals surface area contributed by atoms with Crippen molar-refractivity contribution in [2.24, 2.45) is 5.92 Å². The zero-order chi connectivity index (χ0) is 22.6. The van der Waals surface area contributed by atoms with Gasteiger partial charge in [0.15, 0.2) is 11.6 Å². The van der Waals surface area contributed by atoms with Crippen LogP contribution >= 0.6 is 0 Å². The maximum atomic E-state index is 13.4. The third-order valence-electron chi connectivity index (χ3n) is 5.72. The summed E-state index contributed by atoms with van der Waals surface area (Å²) in [5.74, 6) is -2.77. The molecule has 0 spiro atoms. The molecule has 2 aliphatic heterocycles. The number of hydrogen-bond donors (Lipinski definition) is 1. The summed E-state index contributed by atoms with van der Waals surface area (Å²) in [6.07, 6.45) is 1.61. The predicted molar refractivity (Wildman–Crippen MR) is 108 cm³/mol. The van der Waals surface area contributed by atoms with Crippen LogP contribution in [0, 0.1) is 17.6 Å². The van der Waals surface area contributed by atoms with Gasteiger partial charge in [-0.2, -0.15) is 4.31 Å². The molecule has 2 aliphatic rings. The van der Waals surface area contributed by atoms with Crippen LogP contribution in [-0.2, 0) is 19.6 Å². The number of rotatable bonds is 5. The van der Waals surface area contributed by atoms with Gasteiger partial charge < -0.3 is 15.0 Å². The summed E-state index contributed by atoms with van der Waals surface area (Å²) >= 11 is 0. The Labute approximate surface area is 180 Å². The van der Waals surface area contributed by atoms with Crippen LogP contribution in [0.15, 0.2) is 23.1 Å². The van der Waals surface area contributed by atoms with Crippen LogP contribution in [0.25, 0.3) is 0 Å². The molecule has 0 bridgehead atoms. The van der Waals surface area contributed by atoms with E-state index in [1.54, 1.807) is 11.8 Å². The summed E-state index contributed by atoms with van der Waals surface area (Å²) in [4.78, 5) is 25.7. The van der Waals surface area contributed by atoms with Crippen LogP contribution in [0.3, 0.4) is 0 Å². The van der Waals surface area contributed by atoms with Gasteiger partial charge in [0.05, 0.1) is 11.5 Å². The molecule has 172 valence electrons. The first-order chi connectivity index (χ1) is 14.7. The van der Waals surface area contributed by atoms with E-state index >= 15 is 0 Å². The van der Waals surface area contributed by atoms with Crippen molar-refractivity contribution in [3.05, 3.63) is 29.8 Å².